The molecule has 20 aromatic carbocycles. The van der Waals surface area contributed by atoms with E-state index in [-0.39, 0.29) is 0 Å². The molecule has 680 valence electrons. The molecule has 0 saturated carbocycles. The molecule has 0 fully saturated rings. The first-order valence-electron chi connectivity index (χ1n) is 49.7. The predicted molar refractivity (Wildman–Crippen MR) is 612 cm³/mol. The molecule has 12 heteroatoms. The second-order valence-electron chi connectivity index (χ2n) is 39.9. The van der Waals surface area contributed by atoms with E-state index in [4.69, 9.17) is 29.9 Å². The van der Waals surface area contributed by atoms with Gasteiger partial charge in [-0.3, -0.25) is 0 Å². The summed E-state index contributed by atoms with van der Waals surface area (Å²) in [6, 6.07) is 168. The van der Waals surface area contributed by atoms with Crippen LogP contribution in [0.3, 0.4) is 0 Å². The lowest BCUT2D eigenvalue weighted by atomic mass is 9.99. The first kappa shape index (κ1) is 85.6. The Morgan fingerprint density at radius 1 is 0.181 bits per heavy atom. The van der Waals surface area contributed by atoms with Crippen molar-refractivity contribution in [1.29, 1.82) is 0 Å². The molecule has 3 aliphatic heterocycles. The van der Waals surface area contributed by atoms with Gasteiger partial charge in [-0.05, 0) is 178 Å². The van der Waals surface area contributed by atoms with Crippen molar-refractivity contribution in [2.24, 2.45) is 0 Å². The maximum Gasteiger partial charge on any atom is 0.159 e. The number of para-hydroxylation sites is 3. The number of nitrogens with zero attached hydrogens (tertiary/aromatic N) is 9. The Bertz CT molecular complexity index is 9540. The van der Waals surface area contributed by atoms with Crippen LogP contribution in [0.2, 0.25) is 39.3 Å². The second kappa shape index (κ2) is 33.9. The first-order chi connectivity index (χ1) is 70.7. The van der Waals surface area contributed by atoms with Gasteiger partial charge in [0, 0.05) is 121 Å². The normalized spacial score (nSPS) is 13.2. The van der Waals surface area contributed by atoms with E-state index >= 15 is 0 Å². The van der Waals surface area contributed by atoms with Gasteiger partial charge in [-0.2, -0.15) is 0 Å². The maximum absolute atomic E-state index is 5.42. The summed E-state index contributed by atoms with van der Waals surface area (Å²) < 4.78 is 7.20. The summed E-state index contributed by atoms with van der Waals surface area (Å²) in [6.45, 7) is 14.5. The highest BCUT2D eigenvalue weighted by Crippen LogP contribution is 2.47. The standard InChI is InChI=1S/2C46H33N3Si.C40H29N3Si/c1-50(2)41-23-12-11-22-38(41)42-43(31-15-5-3-6-16-31)47-45(48-46(42)50)34-18-13-17-32(28-34)33-25-27-40-39(29-33)37-26-24-30-14-9-10-21-36(30)44(37)49(40)35-19-7-4-8-20-35;1-50(2)42-23-12-11-22-37(42)43-44(30-14-5-3-6-15-30)47-45(48-46(43)50)35-19-13-18-31(26-35)34-24-25-40-38(28-34)39-27-32-16-9-10-17-33(32)29-41(39)49(40)36-20-7-4-8-21-36;1-44(2)35-22-11-9-20-32(35)37-38(27-14-4-3-5-15-27)41-39(42-40(37)44)28-16-12-17-29(25-28)43-33-21-10-8-19-31(33)36-30-18-7-6-13-26(30)23-24-34(36)43/h2*3-29H,1-2H3;3-25H,1-2H3. The van der Waals surface area contributed by atoms with Crippen molar-refractivity contribution in [3.8, 4) is 141 Å². The summed E-state index contributed by atoms with van der Waals surface area (Å²) in [5.74, 6) is 2.35. The highest BCUT2D eigenvalue weighted by atomic mass is 28.3. The summed E-state index contributed by atoms with van der Waals surface area (Å²) in [6.07, 6.45) is 0. The number of hydrogen-bond acceptors (Lipinski definition) is 6. The van der Waals surface area contributed by atoms with E-state index in [0.717, 1.165) is 96.1 Å². The monoisotopic (exact) mass is 1890 g/mol. The minimum atomic E-state index is -2.04. The number of rotatable bonds is 11. The van der Waals surface area contributed by atoms with Gasteiger partial charge in [0.15, 0.2) is 17.5 Å². The van der Waals surface area contributed by atoms with Crippen molar-refractivity contribution in [2.75, 3.05) is 0 Å². The van der Waals surface area contributed by atoms with Gasteiger partial charge in [-0.15, -0.1) is 0 Å². The lowest BCUT2D eigenvalue weighted by Crippen LogP contribution is -2.50. The fourth-order valence-electron chi connectivity index (χ4n) is 23.5. The van der Waals surface area contributed by atoms with Crippen LogP contribution >= 0.6 is 0 Å². The molecule has 0 radical (unpaired) electrons. The van der Waals surface area contributed by atoms with Crippen LogP contribution in [0.5, 0.6) is 0 Å². The highest BCUT2D eigenvalue weighted by Gasteiger charge is 2.45. The van der Waals surface area contributed by atoms with Crippen molar-refractivity contribution in [3.63, 3.8) is 0 Å². The lowest BCUT2D eigenvalue weighted by Gasteiger charge is -2.19. The Balaban J connectivity index is 0.000000108. The fourth-order valence-corrected chi connectivity index (χ4v) is 32.2. The minimum Gasteiger partial charge on any atom is -0.309 e. The summed E-state index contributed by atoms with van der Waals surface area (Å²) in [7, 11) is -6.12. The summed E-state index contributed by atoms with van der Waals surface area (Å²) in [5.41, 5.74) is 32.3. The largest absolute Gasteiger partial charge is 0.309 e. The van der Waals surface area contributed by atoms with Crippen LogP contribution in [0.1, 0.15) is 0 Å². The van der Waals surface area contributed by atoms with Crippen LogP contribution < -0.4 is 31.5 Å². The Kier molecular flexibility index (Phi) is 20.2. The van der Waals surface area contributed by atoms with E-state index < -0.39 is 24.2 Å². The van der Waals surface area contributed by atoms with Gasteiger partial charge in [-0.25, -0.2) is 29.9 Å². The molecule has 9 heterocycles. The van der Waals surface area contributed by atoms with Gasteiger partial charge < -0.3 is 13.7 Å². The zero-order valence-corrected chi connectivity index (χ0v) is 83.5. The second-order valence-corrected chi connectivity index (χ2v) is 52.7. The smallest absolute Gasteiger partial charge is 0.159 e. The number of fused-ring (bicyclic) bond motifs is 23. The topological polar surface area (TPSA) is 92.1 Å². The molecular weight excluding hydrogens is 1800 g/mol. The molecule has 0 saturated heterocycles. The van der Waals surface area contributed by atoms with Gasteiger partial charge in [0.25, 0.3) is 0 Å². The molecule has 29 rings (SSSR count). The van der Waals surface area contributed by atoms with Crippen LogP contribution in [0.25, 0.3) is 238 Å². The van der Waals surface area contributed by atoms with Crippen molar-refractivity contribution < 1.29 is 0 Å². The van der Waals surface area contributed by atoms with E-state index in [1.165, 1.54) is 174 Å². The van der Waals surface area contributed by atoms with E-state index in [0.29, 0.717) is 0 Å². The average Bonchev–Trinajstić information content (AvgIpc) is 1.57. The van der Waals surface area contributed by atoms with Crippen LogP contribution in [-0.4, -0.2) is 67.8 Å². The lowest BCUT2D eigenvalue weighted by molar-refractivity contribution is 1.17. The highest BCUT2D eigenvalue weighted by molar-refractivity contribution is 7.04. The van der Waals surface area contributed by atoms with Gasteiger partial charge in [0.1, 0.15) is 24.2 Å². The Labute approximate surface area is 837 Å². The van der Waals surface area contributed by atoms with Crippen molar-refractivity contribution in [1.82, 2.24) is 43.6 Å². The molecule has 144 heavy (non-hydrogen) atoms. The SMILES string of the molecule is C[Si]1(C)c2ccccc2-c2c(-c3ccccc3)nc(-c3cccc(-c4ccc5c(c4)c4cc6ccccc6cc4n5-c4ccccc4)c3)nc21.C[Si]1(C)c2ccccc2-c2c(-c3ccccc3)nc(-c3cccc(-c4ccc5c(c4)c4ccc6ccccc6c4n5-c4ccccc4)c3)nc21.C[Si]1(C)c2ccccc2-c2c(-c3ccccc3)nc(-c3cccc(-n4c5ccccc5c5c6ccccc6ccc54)c3)nc21. The van der Waals surface area contributed by atoms with Crippen LogP contribution in [0.4, 0.5) is 0 Å². The minimum absolute atomic E-state index is 0.782. The molecule has 6 aromatic heterocycles. The van der Waals surface area contributed by atoms with E-state index in [1.807, 2.05) is 0 Å². The van der Waals surface area contributed by atoms with Crippen molar-refractivity contribution in [2.45, 2.75) is 39.3 Å². The van der Waals surface area contributed by atoms with E-state index in [9.17, 15) is 0 Å². The zero-order chi connectivity index (χ0) is 96.2. The van der Waals surface area contributed by atoms with Crippen molar-refractivity contribution >= 4 is 153 Å². The summed E-state index contributed by atoms with van der Waals surface area (Å²) in [4.78, 5) is 32.3. The molecule has 0 bridgehead atoms. The predicted octanol–water partition coefficient (Wildman–Crippen LogP) is 29.9. The molecule has 0 unspecified atom stereocenters. The van der Waals surface area contributed by atoms with Crippen LogP contribution in [0.15, 0.2) is 467 Å². The van der Waals surface area contributed by atoms with Gasteiger partial charge >= 0.3 is 0 Å². The van der Waals surface area contributed by atoms with Gasteiger partial charge in [0.2, 0.25) is 0 Å². The maximum atomic E-state index is 5.42. The molecule has 0 amide bonds. The Morgan fingerprint density at radius 2 is 0.507 bits per heavy atom. The van der Waals surface area contributed by atoms with E-state index in [2.05, 4.69) is 520 Å². The number of hydrogen-bond donors (Lipinski definition) is 0. The van der Waals surface area contributed by atoms with E-state index in [1.54, 1.807) is 0 Å². The number of aromatic nitrogens is 9. The third kappa shape index (κ3) is 13.9. The van der Waals surface area contributed by atoms with Crippen molar-refractivity contribution in [3.05, 3.63) is 467 Å². The molecule has 0 aliphatic carbocycles. The quantitative estimate of drug-likeness (QED) is 0.120. The van der Waals surface area contributed by atoms with Crippen LogP contribution in [-0.2, 0) is 0 Å². The summed E-state index contributed by atoms with van der Waals surface area (Å²) >= 11 is 0. The van der Waals surface area contributed by atoms with Gasteiger partial charge in [-0.1, -0.05) is 409 Å². The van der Waals surface area contributed by atoms with Gasteiger partial charge in [0.05, 0.1) is 50.2 Å². The molecule has 0 N–H and O–H groups in total. The molecule has 0 atom stereocenters. The third-order valence-corrected chi connectivity index (χ3v) is 40.4. The Hall–Kier alpha value is -17.5. The molecule has 0 spiro atoms. The average molecular weight is 1890 g/mol. The summed E-state index contributed by atoms with van der Waals surface area (Å²) in [5, 5.41) is 23.0. The fraction of sp³-hybridized carbons (Fsp3) is 0.0455. The molecule has 3 aliphatic rings. The third-order valence-electron chi connectivity index (χ3n) is 30.4. The molecular formula is C132H95N9Si3. The number of benzene rings is 20. The van der Waals surface area contributed by atoms with Crippen LogP contribution in [0, 0.1) is 0 Å². The molecule has 26 aromatic rings. The Morgan fingerprint density at radius 3 is 1.01 bits per heavy atom. The molecule has 9 nitrogen and oxygen atoms in total. The first-order valence-corrected chi connectivity index (χ1v) is 58.7. The zero-order valence-electron chi connectivity index (χ0n) is 80.5.